The summed E-state index contributed by atoms with van der Waals surface area (Å²) in [6.45, 7) is 0.382. The maximum Gasteiger partial charge on any atom is 0.340 e. The van der Waals surface area contributed by atoms with Crippen LogP contribution in [0, 0.1) is 0 Å². The molecule has 2 aromatic rings. The molecular formula is C9H11N5O. The molecule has 0 fully saturated rings. The van der Waals surface area contributed by atoms with Crippen LogP contribution in [0.25, 0.3) is 0 Å². The molecule has 0 aromatic carbocycles. The molecule has 6 heteroatoms. The van der Waals surface area contributed by atoms with Crippen LogP contribution in [0.5, 0.6) is 11.8 Å². The molecule has 78 valence electrons. The summed E-state index contributed by atoms with van der Waals surface area (Å²) in [6, 6.07) is 3.80. The van der Waals surface area contributed by atoms with Gasteiger partial charge in [-0.25, -0.2) is 0 Å². The molecule has 6 nitrogen and oxygen atoms in total. The average molecular weight is 205 g/mol. The fourth-order valence-corrected chi connectivity index (χ4v) is 1.10. The molecule has 0 aliphatic carbocycles. The molecule has 0 radical (unpaired) electrons. The minimum atomic E-state index is 0.312. The Bertz CT molecular complexity index is 453. The molecule has 2 rings (SSSR count). The Morgan fingerprint density at radius 2 is 2.33 bits per heavy atom. The average Bonchev–Trinajstić information content (AvgIpc) is 2.64. The first kappa shape index (κ1) is 9.60. The molecule has 15 heavy (non-hydrogen) atoms. The molecule has 2 aromatic heterocycles. The van der Waals surface area contributed by atoms with Gasteiger partial charge < -0.3 is 10.5 Å². The molecule has 0 saturated carbocycles. The van der Waals surface area contributed by atoms with E-state index in [4.69, 9.17) is 10.5 Å². The third-order valence-electron chi connectivity index (χ3n) is 1.78. The molecule has 0 spiro atoms. The van der Waals surface area contributed by atoms with Gasteiger partial charge in [0, 0.05) is 25.9 Å². The van der Waals surface area contributed by atoms with Crippen molar-refractivity contribution in [2.45, 2.75) is 6.54 Å². The van der Waals surface area contributed by atoms with Gasteiger partial charge in [0.05, 0.1) is 5.69 Å². The molecule has 0 aliphatic heterocycles. The van der Waals surface area contributed by atoms with E-state index < -0.39 is 0 Å². The monoisotopic (exact) mass is 205 g/mol. The lowest BCUT2D eigenvalue weighted by molar-refractivity contribution is 0.437. The molecule has 0 aliphatic rings. The zero-order valence-electron chi connectivity index (χ0n) is 8.29. The normalized spacial score (nSPS) is 10.3. The number of aryl methyl sites for hydroxylation is 1. The topological polar surface area (TPSA) is 78.8 Å². The standard InChI is InChI=1S/C9H11N5O/c1-14-6-12-9(13-14)15-8-2-3-11-7(4-8)5-10/h2-4,6H,5,10H2,1H3. The first-order chi connectivity index (χ1) is 7.28. The number of nitrogens with two attached hydrogens (primary N) is 1. The van der Waals surface area contributed by atoms with Crippen LogP contribution in [0.3, 0.4) is 0 Å². The number of rotatable bonds is 3. The lowest BCUT2D eigenvalue weighted by Crippen LogP contribution is -1.99. The first-order valence-electron chi connectivity index (χ1n) is 4.46. The zero-order valence-corrected chi connectivity index (χ0v) is 8.29. The molecular weight excluding hydrogens is 194 g/mol. The van der Waals surface area contributed by atoms with Crippen LogP contribution in [0.2, 0.25) is 0 Å². The SMILES string of the molecule is Cn1cnc(Oc2ccnc(CN)c2)n1. The second kappa shape index (κ2) is 4.05. The Balaban J connectivity index is 2.16. The minimum Gasteiger partial charge on any atom is -0.423 e. The van der Waals surface area contributed by atoms with Crippen molar-refractivity contribution in [3.8, 4) is 11.8 Å². The number of ether oxygens (including phenoxy) is 1. The third-order valence-corrected chi connectivity index (χ3v) is 1.78. The summed E-state index contributed by atoms with van der Waals surface area (Å²) < 4.78 is 6.97. The summed E-state index contributed by atoms with van der Waals surface area (Å²) >= 11 is 0. The van der Waals surface area contributed by atoms with Crippen molar-refractivity contribution in [2.24, 2.45) is 12.8 Å². The van der Waals surface area contributed by atoms with Crippen molar-refractivity contribution in [2.75, 3.05) is 0 Å². The van der Waals surface area contributed by atoms with E-state index in [0.717, 1.165) is 5.69 Å². The highest BCUT2D eigenvalue weighted by molar-refractivity contribution is 5.24. The molecule has 0 amide bonds. The molecule has 0 bridgehead atoms. The van der Waals surface area contributed by atoms with Crippen molar-refractivity contribution in [1.82, 2.24) is 19.7 Å². The number of nitrogens with zero attached hydrogens (tertiary/aromatic N) is 4. The lowest BCUT2D eigenvalue weighted by atomic mass is 10.3. The van der Waals surface area contributed by atoms with E-state index in [1.165, 1.54) is 0 Å². The van der Waals surface area contributed by atoms with Crippen molar-refractivity contribution in [3.63, 3.8) is 0 Å². The second-order valence-electron chi connectivity index (χ2n) is 2.99. The minimum absolute atomic E-state index is 0.312. The Morgan fingerprint density at radius 3 is 3.00 bits per heavy atom. The van der Waals surface area contributed by atoms with E-state index in [1.807, 2.05) is 0 Å². The molecule has 2 heterocycles. The highest BCUT2D eigenvalue weighted by Gasteiger charge is 2.02. The molecule has 0 unspecified atom stereocenters. The quantitative estimate of drug-likeness (QED) is 0.787. The summed E-state index contributed by atoms with van der Waals surface area (Å²) in [7, 11) is 1.78. The van der Waals surface area contributed by atoms with E-state index in [2.05, 4.69) is 15.1 Å². The van der Waals surface area contributed by atoms with Gasteiger partial charge in [-0.1, -0.05) is 0 Å². The Labute approximate surface area is 86.7 Å². The van der Waals surface area contributed by atoms with Gasteiger partial charge in [0.15, 0.2) is 0 Å². The number of hydrogen-bond acceptors (Lipinski definition) is 5. The van der Waals surface area contributed by atoms with Gasteiger partial charge in [-0.05, 0) is 6.07 Å². The Morgan fingerprint density at radius 1 is 1.47 bits per heavy atom. The van der Waals surface area contributed by atoms with E-state index in [9.17, 15) is 0 Å². The van der Waals surface area contributed by atoms with Crippen molar-refractivity contribution in [3.05, 3.63) is 30.4 Å². The maximum absolute atomic E-state index is 5.46. The molecule has 2 N–H and O–H groups in total. The van der Waals surface area contributed by atoms with Gasteiger partial charge in [0.1, 0.15) is 12.1 Å². The van der Waals surface area contributed by atoms with E-state index in [-0.39, 0.29) is 0 Å². The van der Waals surface area contributed by atoms with Crippen molar-refractivity contribution < 1.29 is 4.74 Å². The Kier molecular flexibility index (Phi) is 2.59. The van der Waals surface area contributed by atoms with Crippen molar-refractivity contribution in [1.29, 1.82) is 0 Å². The van der Waals surface area contributed by atoms with E-state index in [1.54, 1.807) is 36.4 Å². The van der Waals surface area contributed by atoms with Crippen LogP contribution in [0.4, 0.5) is 0 Å². The summed E-state index contributed by atoms with van der Waals surface area (Å²) in [6.07, 6.45) is 3.21. The van der Waals surface area contributed by atoms with E-state index in [0.29, 0.717) is 18.3 Å². The maximum atomic E-state index is 5.46. The fraction of sp³-hybridized carbons (Fsp3) is 0.222. The second-order valence-corrected chi connectivity index (χ2v) is 2.99. The number of aromatic nitrogens is 4. The van der Waals surface area contributed by atoms with Crippen LogP contribution in [0.1, 0.15) is 5.69 Å². The highest BCUT2D eigenvalue weighted by atomic mass is 16.5. The van der Waals surface area contributed by atoms with Gasteiger partial charge in [-0.15, -0.1) is 5.10 Å². The van der Waals surface area contributed by atoms with Gasteiger partial charge in [-0.2, -0.15) is 4.98 Å². The van der Waals surface area contributed by atoms with Gasteiger partial charge >= 0.3 is 6.01 Å². The summed E-state index contributed by atoms with van der Waals surface area (Å²) in [5.74, 6) is 0.636. The van der Waals surface area contributed by atoms with E-state index >= 15 is 0 Å². The van der Waals surface area contributed by atoms with Crippen LogP contribution < -0.4 is 10.5 Å². The third kappa shape index (κ3) is 2.29. The van der Waals surface area contributed by atoms with Crippen LogP contribution in [0.15, 0.2) is 24.7 Å². The van der Waals surface area contributed by atoms with Crippen LogP contribution in [-0.4, -0.2) is 19.7 Å². The van der Waals surface area contributed by atoms with Gasteiger partial charge in [0.2, 0.25) is 0 Å². The molecule has 0 atom stereocenters. The van der Waals surface area contributed by atoms with Crippen LogP contribution in [-0.2, 0) is 13.6 Å². The zero-order chi connectivity index (χ0) is 10.7. The fourth-order valence-electron chi connectivity index (χ4n) is 1.10. The smallest absolute Gasteiger partial charge is 0.340 e. The summed E-state index contributed by atoms with van der Waals surface area (Å²) in [5, 5.41) is 3.99. The van der Waals surface area contributed by atoms with Gasteiger partial charge in [-0.3, -0.25) is 9.67 Å². The number of hydrogen-bond donors (Lipinski definition) is 1. The predicted molar refractivity (Wildman–Crippen MR) is 53.2 cm³/mol. The van der Waals surface area contributed by atoms with Gasteiger partial charge in [0.25, 0.3) is 0 Å². The number of pyridine rings is 1. The van der Waals surface area contributed by atoms with Crippen LogP contribution >= 0.6 is 0 Å². The largest absolute Gasteiger partial charge is 0.423 e. The summed E-state index contributed by atoms with van der Waals surface area (Å²) in [4.78, 5) is 8.00. The lowest BCUT2D eigenvalue weighted by Gasteiger charge is -2.01. The highest BCUT2D eigenvalue weighted by Crippen LogP contribution is 2.16. The summed E-state index contributed by atoms with van der Waals surface area (Å²) in [5.41, 5.74) is 6.23. The van der Waals surface area contributed by atoms with Crippen molar-refractivity contribution >= 4 is 0 Å². The Hall–Kier alpha value is -1.95. The molecule has 0 saturated heterocycles. The first-order valence-corrected chi connectivity index (χ1v) is 4.46. The predicted octanol–water partition coefficient (Wildman–Crippen LogP) is 0.461.